The predicted molar refractivity (Wildman–Crippen MR) is 249 cm³/mol. The Hall–Kier alpha value is -3.52. The molecule has 1 rings (SSSR count). The van der Waals surface area contributed by atoms with E-state index in [-0.39, 0.29) is 11.6 Å². The SMILES string of the molecule is CC/C(C)=C/CC/C(C)=C/CC/C(C)=C/CC/C(C)=C/CC/C(C)=C/CC/C(C)=C/CC/C(C)=C/CC/C(C)=C/CC/C(C)=C/CC1=CC(=O)C(C)=C(C)C1=O. The molecule has 1 aliphatic rings. The molecule has 2 heteroatoms. The number of carbonyl (C=O) groups excluding carboxylic acids is 2. The quantitative estimate of drug-likeness (QED) is 0.0617. The summed E-state index contributed by atoms with van der Waals surface area (Å²) in [6.07, 6.45) is 42.7. The van der Waals surface area contributed by atoms with E-state index in [1.54, 1.807) is 13.8 Å². The van der Waals surface area contributed by atoms with Crippen LogP contribution in [-0.4, -0.2) is 11.6 Å². The van der Waals surface area contributed by atoms with Gasteiger partial charge in [0, 0.05) is 16.7 Å². The molecule has 0 unspecified atom stereocenters. The maximum Gasteiger partial charge on any atom is 0.185 e. The first-order chi connectivity index (χ1) is 26.6. The van der Waals surface area contributed by atoms with E-state index in [1.165, 1.54) is 81.9 Å². The van der Waals surface area contributed by atoms with Crippen LogP contribution in [0.5, 0.6) is 0 Å². The average molecular weight is 763 g/mol. The van der Waals surface area contributed by atoms with Crippen molar-refractivity contribution >= 4 is 11.6 Å². The monoisotopic (exact) mass is 763 g/mol. The highest BCUT2D eigenvalue weighted by Crippen LogP contribution is 2.23. The van der Waals surface area contributed by atoms with Crippen LogP contribution in [-0.2, 0) is 9.59 Å². The summed E-state index contributed by atoms with van der Waals surface area (Å²) < 4.78 is 0. The maximum absolute atomic E-state index is 12.5. The molecule has 0 amide bonds. The van der Waals surface area contributed by atoms with Gasteiger partial charge in [-0.1, -0.05) is 112 Å². The summed E-state index contributed by atoms with van der Waals surface area (Å²) in [4.78, 5) is 24.6. The van der Waals surface area contributed by atoms with E-state index in [1.807, 2.05) is 0 Å². The zero-order chi connectivity index (χ0) is 41.9. The van der Waals surface area contributed by atoms with E-state index in [0.29, 0.717) is 23.1 Å². The fraction of sp³-hybridized carbons (Fsp3) is 0.556. The van der Waals surface area contributed by atoms with Crippen LogP contribution in [0.3, 0.4) is 0 Å². The fourth-order valence-corrected chi connectivity index (χ4v) is 6.69. The molecule has 0 aliphatic heterocycles. The zero-order valence-corrected chi connectivity index (χ0v) is 38.3. The van der Waals surface area contributed by atoms with Crippen LogP contribution >= 0.6 is 0 Å². The highest BCUT2D eigenvalue weighted by Gasteiger charge is 2.22. The van der Waals surface area contributed by atoms with Gasteiger partial charge in [0.05, 0.1) is 0 Å². The van der Waals surface area contributed by atoms with Crippen molar-refractivity contribution in [3.05, 3.63) is 128 Å². The normalized spacial score (nSPS) is 16.4. The van der Waals surface area contributed by atoms with Gasteiger partial charge < -0.3 is 0 Å². The van der Waals surface area contributed by atoms with Crippen molar-refractivity contribution < 1.29 is 9.59 Å². The number of Topliss-reactive ketones (excluding diaryl/α,β-unsaturated/α-hetero) is 1. The number of carbonyl (C=O) groups is 2. The Bertz CT molecular complexity index is 1610. The van der Waals surface area contributed by atoms with Gasteiger partial charge in [0.15, 0.2) is 11.6 Å². The lowest BCUT2D eigenvalue weighted by molar-refractivity contribution is -0.115. The summed E-state index contributed by atoms with van der Waals surface area (Å²) in [6.45, 7) is 26.0. The van der Waals surface area contributed by atoms with E-state index >= 15 is 0 Å². The average Bonchev–Trinajstić information content (AvgIpc) is 3.14. The number of hydrogen-bond acceptors (Lipinski definition) is 2. The molecule has 2 nitrogen and oxygen atoms in total. The van der Waals surface area contributed by atoms with Gasteiger partial charge in [-0.2, -0.15) is 0 Å². The third-order valence-corrected chi connectivity index (χ3v) is 11.3. The molecule has 0 bridgehead atoms. The van der Waals surface area contributed by atoms with E-state index in [9.17, 15) is 9.59 Å². The summed E-state index contributed by atoms with van der Waals surface area (Å²) in [7, 11) is 0. The van der Waals surface area contributed by atoms with Gasteiger partial charge in [-0.05, 0) is 198 Å². The van der Waals surface area contributed by atoms with Gasteiger partial charge in [0.2, 0.25) is 0 Å². The van der Waals surface area contributed by atoms with Crippen molar-refractivity contribution in [1.82, 2.24) is 0 Å². The van der Waals surface area contributed by atoms with Crippen molar-refractivity contribution in [2.24, 2.45) is 0 Å². The van der Waals surface area contributed by atoms with E-state index in [2.05, 4.69) is 124 Å². The Morgan fingerprint density at radius 2 is 0.643 bits per heavy atom. The molecular formula is C54H82O2. The summed E-state index contributed by atoms with van der Waals surface area (Å²) in [6, 6.07) is 0. The first-order valence-corrected chi connectivity index (χ1v) is 22.0. The lowest BCUT2D eigenvalue weighted by atomic mass is 9.89. The van der Waals surface area contributed by atoms with Gasteiger partial charge in [-0.25, -0.2) is 0 Å². The van der Waals surface area contributed by atoms with Gasteiger partial charge in [0.1, 0.15) is 0 Å². The van der Waals surface area contributed by atoms with Gasteiger partial charge in [-0.15, -0.1) is 0 Å². The standard InChI is InChI=1S/C54H82O2/c1-13-41(2)22-14-23-42(3)24-15-25-43(4)26-16-27-44(5)28-17-29-45(6)30-18-31-46(7)32-19-33-47(8)34-20-35-48(9)36-21-37-49(10)38-39-52-40-53(55)50(11)51(12)54(52)56/h22,24,26,28,30,32,34,36,38,40H,13-21,23,25,27,29,31,33,35,37,39H2,1-12H3/b41-22+,42-24+,43-26+,44-28+,45-30+,46-32+,47-34+,48-36+,49-38+. The molecule has 0 aromatic heterocycles. The molecule has 0 aromatic carbocycles. The molecule has 0 radical (unpaired) electrons. The maximum atomic E-state index is 12.5. The number of allylic oxidation sites excluding steroid dienone is 22. The molecule has 1 aliphatic carbocycles. The van der Waals surface area contributed by atoms with Crippen molar-refractivity contribution in [3.63, 3.8) is 0 Å². The first-order valence-electron chi connectivity index (χ1n) is 22.0. The largest absolute Gasteiger partial charge is 0.290 e. The number of rotatable bonds is 27. The highest BCUT2D eigenvalue weighted by molar-refractivity contribution is 6.22. The second kappa shape index (κ2) is 29.7. The molecule has 0 atom stereocenters. The first kappa shape index (κ1) is 50.5. The third-order valence-electron chi connectivity index (χ3n) is 11.3. The minimum atomic E-state index is -0.0351. The molecule has 0 aromatic rings. The molecular weight excluding hydrogens is 681 g/mol. The van der Waals surface area contributed by atoms with Crippen molar-refractivity contribution in [3.8, 4) is 0 Å². The van der Waals surface area contributed by atoms with E-state index in [0.717, 1.165) is 83.5 Å². The van der Waals surface area contributed by atoms with Crippen molar-refractivity contribution in [2.45, 2.75) is 199 Å². The topological polar surface area (TPSA) is 34.1 Å². The molecule has 0 saturated carbocycles. The molecule has 0 saturated heterocycles. The number of hydrogen-bond donors (Lipinski definition) is 0. The second-order valence-electron chi connectivity index (χ2n) is 16.9. The van der Waals surface area contributed by atoms with Crippen molar-refractivity contribution in [1.29, 1.82) is 0 Å². The Morgan fingerprint density at radius 3 is 0.911 bits per heavy atom. The van der Waals surface area contributed by atoms with Crippen molar-refractivity contribution in [2.75, 3.05) is 0 Å². The molecule has 0 N–H and O–H groups in total. The third kappa shape index (κ3) is 24.2. The molecule has 310 valence electrons. The Kier molecular flexibility index (Phi) is 26.8. The minimum absolute atomic E-state index is 0.00945. The predicted octanol–water partition coefficient (Wildman–Crippen LogP) is 17.0. The summed E-state index contributed by atoms with van der Waals surface area (Å²) >= 11 is 0. The Labute approximate surface area is 346 Å². The van der Waals surface area contributed by atoms with Gasteiger partial charge in [-0.3, -0.25) is 9.59 Å². The van der Waals surface area contributed by atoms with Crippen LogP contribution in [0, 0.1) is 0 Å². The summed E-state index contributed by atoms with van der Waals surface area (Å²) in [5.41, 5.74) is 15.0. The molecule has 0 heterocycles. The van der Waals surface area contributed by atoms with Crippen LogP contribution < -0.4 is 0 Å². The van der Waals surface area contributed by atoms with E-state index in [4.69, 9.17) is 0 Å². The minimum Gasteiger partial charge on any atom is -0.290 e. The van der Waals surface area contributed by atoms with Crippen LogP contribution in [0.2, 0.25) is 0 Å². The lowest BCUT2D eigenvalue weighted by Gasteiger charge is -2.13. The Morgan fingerprint density at radius 1 is 0.393 bits per heavy atom. The number of ketones is 2. The second-order valence-corrected chi connectivity index (χ2v) is 16.9. The summed E-state index contributed by atoms with van der Waals surface area (Å²) in [5, 5.41) is 0. The van der Waals surface area contributed by atoms with Crippen LogP contribution in [0.15, 0.2) is 128 Å². The smallest absolute Gasteiger partial charge is 0.185 e. The van der Waals surface area contributed by atoms with Crippen LogP contribution in [0.25, 0.3) is 0 Å². The lowest BCUT2D eigenvalue weighted by Crippen LogP contribution is -2.16. The van der Waals surface area contributed by atoms with Crippen LogP contribution in [0.1, 0.15) is 199 Å². The molecule has 0 spiro atoms. The van der Waals surface area contributed by atoms with Gasteiger partial charge >= 0.3 is 0 Å². The molecule has 0 fully saturated rings. The summed E-state index contributed by atoms with van der Waals surface area (Å²) in [5.74, 6) is -0.0257. The zero-order valence-electron chi connectivity index (χ0n) is 38.3. The molecule has 56 heavy (non-hydrogen) atoms. The van der Waals surface area contributed by atoms with Crippen LogP contribution in [0.4, 0.5) is 0 Å². The Balaban J connectivity index is 2.26. The van der Waals surface area contributed by atoms with E-state index < -0.39 is 0 Å². The fourth-order valence-electron chi connectivity index (χ4n) is 6.69. The highest BCUT2D eigenvalue weighted by atomic mass is 16.1. The van der Waals surface area contributed by atoms with Gasteiger partial charge in [0.25, 0.3) is 0 Å².